The average Bonchev–Trinajstić information content (AvgIpc) is 2.62. The molecule has 0 saturated heterocycles. The third-order valence-corrected chi connectivity index (χ3v) is 2.61. The van der Waals surface area contributed by atoms with Gasteiger partial charge in [-0.05, 0) is 19.1 Å². The molecule has 2 aromatic rings. The monoisotopic (exact) mass is 281 g/mol. The number of nitrogens with zero attached hydrogens (tertiary/aromatic N) is 1. The lowest BCUT2D eigenvalue weighted by molar-refractivity contribution is 0.0654. The van der Waals surface area contributed by atoms with Crippen LogP contribution in [-0.2, 0) is 0 Å². The molecule has 16 heavy (non-hydrogen) atoms. The zero-order valence-corrected chi connectivity index (χ0v) is 9.98. The van der Waals surface area contributed by atoms with Crippen LogP contribution in [-0.4, -0.2) is 16.1 Å². The maximum absolute atomic E-state index is 10.7. The van der Waals surface area contributed by atoms with Crippen molar-refractivity contribution in [2.75, 3.05) is 0 Å². The van der Waals surface area contributed by atoms with Crippen LogP contribution < -0.4 is 0 Å². The number of benzene rings is 1. The Morgan fingerprint density at radius 3 is 2.50 bits per heavy atom. The van der Waals surface area contributed by atoms with Crippen LogP contribution in [0.25, 0.3) is 11.3 Å². The largest absolute Gasteiger partial charge is 0.474 e. The highest BCUT2D eigenvalue weighted by atomic mass is 79.9. The summed E-state index contributed by atoms with van der Waals surface area (Å²) in [5, 5.41) is 8.75. The SMILES string of the molecule is Cc1nc(C(=O)O)oc1-c1ccc(Br)cc1. The van der Waals surface area contributed by atoms with Crippen LogP contribution in [0.5, 0.6) is 0 Å². The Morgan fingerprint density at radius 1 is 1.38 bits per heavy atom. The van der Waals surface area contributed by atoms with Crippen molar-refractivity contribution < 1.29 is 14.3 Å². The number of hydrogen-bond donors (Lipinski definition) is 1. The van der Waals surface area contributed by atoms with Crippen LogP contribution in [0, 0.1) is 6.92 Å². The van der Waals surface area contributed by atoms with Crippen LogP contribution in [0.4, 0.5) is 0 Å². The van der Waals surface area contributed by atoms with Crippen LogP contribution in [0.1, 0.15) is 16.4 Å². The van der Waals surface area contributed by atoms with E-state index in [0.717, 1.165) is 10.0 Å². The quantitative estimate of drug-likeness (QED) is 0.919. The molecule has 4 nitrogen and oxygen atoms in total. The van der Waals surface area contributed by atoms with Crippen LogP contribution in [0.3, 0.4) is 0 Å². The summed E-state index contributed by atoms with van der Waals surface area (Å²) in [6, 6.07) is 7.39. The van der Waals surface area contributed by atoms with Gasteiger partial charge in [-0.15, -0.1) is 0 Å². The van der Waals surface area contributed by atoms with Gasteiger partial charge in [-0.1, -0.05) is 28.1 Å². The molecule has 0 unspecified atom stereocenters. The lowest BCUT2D eigenvalue weighted by atomic mass is 10.1. The van der Waals surface area contributed by atoms with Crippen molar-refractivity contribution in [3.05, 3.63) is 40.3 Å². The minimum Gasteiger partial charge on any atom is -0.474 e. The van der Waals surface area contributed by atoms with E-state index in [0.29, 0.717) is 11.5 Å². The summed E-state index contributed by atoms with van der Waals surface area (Å²) in [6.45, 7) is 1.72. The molecular weight excluding hydrogens is 274 g/mol. The highest BCUT2D eigenvalue weighted by Crippen LogP contribution is 2.25. The number of rotatable bonds is 2. The molecule has 0 radical (unpaired) electrons. The maximum Gasteiger partial charge on any atom is 0.392 e. The molecule has 1 N–H and O–H groups in total. The number of carbonyl (C=O) groups is 1. The van der Waals surface area contributed by atoms with E-state index in [1.807, 2.05) is 24.3 Å². The van der Waals surface area contributed by atoms with Gasteiger partial charge in [0.1, 0.15) is 0 Å². The number of carboxylic acids is 1. The fourth-order valence-electron chi connectivity index (χ4n) is 1.36. The molecule has 1 aromatic carbocycles. The first-order valence-corrected chi connectivity index (χ1v) is 5.34. The lowest BCUT2D eigenvalue weighted by Gasteiger charge is -1.97. The Hall–Kier alpha value is -1.62. The maximum atomic E-state index is 10.7. The van der Waals surface area contributed by atoms with Crippen molar-refractivity contribution >= 4 is 21.9 Å². The first-order valence-electron chi connectivity index (χ1n) is 4.54. The van der Waals surface area contributed by atoms with Crippen LogP contribution in [0.15, 0.2) is 33.2 Å². The van der Waals surface area contributed by atoms with Crippen LogP contribution >= 0.6 is 15.9 Å². The summed E-state index contributed by atoms with van der Waals surface area (Å²) in [5.41, 5.74) is 1.38. The molecule has 0 fully saturated rings. The molecule has 1 aromatic heterocycles. The van der Waals surface area contributed by atoms with Crippen molar-refractivity contribution in [2.45, 2.75) is 6.92 Å². The van der Waals surface area contributed by atoms with E-state index in [9.17, 15) is 4.79 Å². The molecule has 0 aliphatic heterocycles. The van der Waals surface area contributed by atoms with Gasteiger partial charge >= 0.3 is 11.9 Å². The molecule has 0 aliphatic rings. The van der Waals surface area contributed by atoms with Crippen molar-refractivity contribution in [1.29, 1.82) is 0 Å². The minimum atomic E-state index is -1.16. The van der Waals surface area contributed by atoms with Gasteiger partial charge < -0.3 is 9.52 Å². The molecule has 2 rings (SSSR count). The number of aryl methyl sites for hydroxylation is 1. The number of halogens is 1. The van der Waals surface area contributed by atoms with E-state index in [-0.39, 0.29) is 5.89 Å². The fraction of sp³-hybridized carbons (Fsp3) is 0.0909. The number of aromatic carboxylic acids is 1. The molecule has 5 heteroatoms. The normalized spacial score (nSPS) is 10.4. The Balaban J connectivity index is 2.47. The van der Waals surface area contributed by atoms with E-state index < -0.39 is 5.97 Å². The van der Waals surface area contributed by atoms with E-state index in [1.165, 1.54) is 0 Å². The number of hydrogen-bond acceptors (Lipinski definition) is 3. The van der Waals surface area contributed by atoms with E-state index in [2.05, 4.69) is 20.9 Å². The molecule has 0 saturated carbocycles. The second-order valence-corrected chi connectivity index (χ2v) is 4.16. The van der Waals surface area contributed by atoms with Gasteiger partial charge in [-0.25, -0.2) is 9.78 Å². The molecule has 1 heterocycles. The van der Waals surface area contributed by atoms with Crippen molar-refractivity contribution in [3.8, 4) is 11.3 Å². The molecular formula is C11H8BrNO3. The Labute approximate surface area is 100 Å². The number of oxazole rings is 1. The van der Waals surface area contributed by atoms with Gasteiger partial charge in [0.05, 0.1) is 5.69 Å². The Morgan fingerprint density at radius 2 is 2.00 bits per heavy atom. The van der Waals surface area contributed by atoms with Crippen molar-refractivity contribution in [3.63, 3.8) is 0 Å². The summed E-state index contributed by atoms with van der Waals surface area (Å²) >= 11 is 3.32. The van der Waals surface area contributed by atoms with E-state index in [1.54, 1.807) is 6.92 Å². The average molecular weight is 282 g/mol. The topological polar surface area (TPSA) is 63.3 Å². The second-order valence-electron chi connectivity index (χ2n) is 3.25. The Kier molecular flexibility index (Phi) is 2.78. The number of aromatic nitrogens is 1. The van der Waals surface area contributed by atoms with Gasteiger partial charge in [0, 0.05) is 10.0 Å². The molecule has 0 bridgehead atoms. The smallest absolute Gasteiger partial charge is 0.392 e. The van der Waals surface area contributed by atoms with E-state index >= 15 is 0 Å². The Bertz CT molecular complexity index is 531. The summed E-state index contributed by atoms with van der Waals surface area (Å²) in [6.07, 6.45) is 0. The fourth-order valence-corrected chi connectivity index (χ4v) is 1.62. The predicted octanol–water partition coefficient (Wildman–Crippen LogP) is 3.11. The van der Waals surface area contributed by atoms with Gasteiger partial charge in [-0.2, -0.15) is 0 Å². The molecule has 0 atom stereocenters. The summed E-state index contributed by atoms with van der Waals surface area (Å²) < 4.78 is 6.13. The van der Waals surface area contributed by atoms with Crippen molar-refractivity contribution in [2.24, 2.45) is 0 Å². The summed E-state index contributed by atoms with van der Waals surface area (Å²) in [4.78, 5) is 14.5. The van der Waals surface area contributed by atoms with Gasteiger partial charge in [0.2, 0.25) is 0 Å². The zero-order chi connectivity index (χ0) is 11.7. The predicted molar refractivity (Wildman–Crippen MR) is 61.3 cm³/mol. The molecule has 0 amide bonds. The minimum absolute atomic E-state index is 0.282. The molecule has 82 valence electrons. The third kappa shape index (κ3) is 1.99. The summed E-state index contributed by atoms with van der Waals surface area (Å²) in [7, 11) is 0. The first-order chi connectivity index (χ1) is 7.58. The van der Waals surface area contributed by atoms with E-state index in [4.69, 9.17) is 9.52 Å². The van der Waals surface area contributed by atoms with Gasteiger partial charge in [0.15, 0.2) is 5.76 Å². The lowest BCUT2D eigenvalue weighted by Crippen LogP contribution is -1.95. The standard InChI is InChI=1S/C11H8BrNO3/c1-6-9(16-10(13-6)11(14)15)7-2-4-8(12)5-3-7/h2-5H,1H3,(H,14,15). The highest BCUT2D eigenvalue weighted by molar-refractivity contribution is 9.10. The molecule has 0 spiro atoms. The zero-order valence-electron chi connectivity index (χ0n) is 8.40. The van der Waals surface area contributed by atoms with Gasteiger partial charge in [-0.3, -0.25) is 0 Å². The molecule has 0 aliphatic carbocycles. The number of carboxylic acid groups (broad SMARTS) is 1. The van der Waals surface area contributed by atoms with Crippen molar-refractivity contribution in [1.82, 2.24) is 4.98 Å². The highest BCUT2D eigenvalue weighted by Gasteiger charge is 2.16. The van der Waals surface area contributed by atoms with Gasteiger partial charge in [0.25, 0.3) is 0 Å². The first kappa shape index (κ1) is 10.9. The summed E-state index contributed by atoms with van der Waals surface area (Å²) in [5.74, 6) is -0.952. The van der Waals surface area contributed by atoms with Crippen LogP contribution in [0.2, 0.25) is 0 Å². The third-order valence-electron chi connectivity index (χ3n) is 2.09. The second kappa shape index (κ2) is 4.09.